The van der Waals surface area contributed by atoms with Gasteiger partial charge in [0.2, 0.25) is 5.91 Å². The molecule has 2 amide bonds. The van der Waals surface area contributed by atoms with E-state index in [-0.39, 0.29) is 17.6 Å². The van der Waals surface area contributed by atoms with Gasteiger partial charge >= 0.3 is 0 Å². The molecule has 1 saturated carbocycles. The number of carbonyl (C=O) groups is 2. The molecule has 1 aliphatic heterocycles. The number of nitrogens with zero attached hydrogens (tertiary/aromatic N) is 2. The van der Waals surface area contributed by atoms with Crippen molar-refractivity contribution < 1.29 is 14.7 Å². The Bertz CT molecular complexity index is 1010. The van der Waals surface area contributed by atoms with Crippen molar-refractivity contribution in [2.24, 2.45) is 0 Å². The quantitative estimate of drug-likeness (QED) is 0.597. The van der Waals surface area contributed by atoms with E-state index in [1.165, 1.54) is 36.6 Å². The summed E-state index contributed by atoms with van der Waals surface area (Å²) in [7, 11) is 1.92. The first kappa shape index (κ1) is 23.4. The summed E-state index contributed by atoms with van der Waals surface area (Å²) >= 11 is 1.46. The van der Waals surface area contributed by atoms with Crippen LogP contribution in [-0.2, 0) is 4.79 Å². The number of rotatable bonds is 6. The summed E-state index contributed by atoms with van der Waals surface area (Å²) in [5.41, 5.74) is 2.94. The predicted octanol–water partition coefficient (Wildman–Crippen LogP) is 5.20. The zero-order valence-electron chi connectivity index (χ0n) is 19.2. The first-order chi connectivity index (χ1) is 16.0. The van der Waals surface area contributed by atoms with Gasteiger partial charge in [0.25, 0.3) is 5.91 Å². The van der Waals surface area contributed by atoms with E-state index in [0.717, 1.165) is 29.7 Å². The minimum Gasteiger partial charge on any atom is -0.508 e. The second-order valence-electron chi connectivity index (χ2n) is 8.86. The van der Waals surface area contributed by atoms with Crippen LogP contribution in [0, 0.1) is 0 Å². The fraction of sp³-hybridized carbons (Fsp3) is 0.407. The van der Waals surface area contributed by atoms with Crippen molar-refractivity contribution in [3.05, 3.63) is 65.7 Å². The summed E-state index contributed by atoms with van der Waals surface area (Å²) in [6, 6.07) is 15.2. The van der Waals surface area contributed by atoms with Crippen molar-refractivity contribution in [1.82, 2.24) is 9.80 Å². The summed E-state index contributed by atoms with van der Waals surface area (Å²) in [6.45, 7) is 1.20. The maximum absolute atomic E-state index is 13.3. The maximum atomic E-state index is 13.3. The number of phenols is 1. The SMILES string of the molecule is CN(C(=O)CSc1ccccc1C(=O)N1CC=C(c2ccc(O)cc2)CC1)C1CCCCC1. The van der Waals surface area contributed by atoms with Crippen molar-refractivity contribution in [2.45, 2.75) is 49.5 Å². The van der Waals surface area contributed by atoms with E-state index in [1.807, 2.05) is 53.2 Å². The highest BCUT2D eigenvalue weighted by molar-refractivity contribution is 8.00. The lowest BCUT2D eigenvalue weighted by Crippen LogP contribution is -2.39. The molecule has 0 aromatic heterocycles. The van der Waals surface area contributed by atoms with E-state index in [1.54, 1.807) is 12.1 Å². The molecule has 2 aromatic rings. The van der Waals surface area contributed by atoms with Crippen molar-refractivity contribution >= 4 is 29.1 Å². The molecule has 0 atom stereocenters. The van der Waals surface area contributed by atoms with Crippen molar-refractivity contribution in [3.8, 4) is 5.75 Å². The lowest BCUT2D eigenvalue weighted by Gasteiger charge is -2.31. The number of hydrogen-bond donors (Lipinski definition) is 1. The van der Waals surface area contributed by atoms with E-state index >= 15 is 0 Å². The summed E-state index contributed by atoms with van der Waals surface area (Å²) in [4.78, 5) is 30.7. The van der Waals surface area contributed by atoms with Gasteiger partial charge in [0.1, 0.15) is 5.75 Å². The summed E-state index contributed by atoms with van der Waals surface area (Å²) in [5.74, 6) is 0.743. The molecule has 0 saturated heterocycles. The molecule has 2 aliphatic rings. The van der Waals surface area contributed by atoms with Gasteiger partial charge in [-0.1, -0.05) is 49.6 Å². The highest BCUT2D eigenvalue weighted by Gasteiger charge is 2.24. The van der Waals surface area contributed by atoms with Gasteiger partial charge in [-0.2, -0.15) is 0 Å². The molecule has 1 N–H and O–H groups in total. The van der Waals surface area contributed by atoms with E-state index in [0.29, 0.717) is 30.4 Å². The fourth-order valence-electron chi connectivity index (χ4n) is 4.64. The average Bonchev–Trinajstić information content (AvgIpc) is 2.87. The monoisotopic (exact) mass is 464 g/mol. The first-order valence-corrected chi connectivity index (χ1v) is 12.8. The van der Waals surface area contributed by atoms with Crippen LogP contribution in [-0.4, -0.2) is 58.7 Å². The van der Waals surface area contributed by atoms with Crippen LogP contribution in [0.25, 0.3) is 5.57 Å². The Morgan fingerprint density at radius 3 is 2.48 bits per heavy atom. The van der Waals surface area contributed by atoms with Crippen molar-refractivity contribution in [3.63, 3.8) is 0 Å². The topological polar surface area (TPSA) is 60.9 Å². The van der Waals surface area contributed by atoms with Crippen molar-refractivity contribution in [2.75, 3.05) is 25.9 Å². The van der Waals surface area contributed by atoms with Gasteiger partial charge in [-0.15, -0.1) is 11.8 Å². The summed E-state index contributed by atoms with van der Waals surface area (Å²) in [5, 5.41) is 9.50. The highest BCUT2D eigenvalue weighted by Crippen LogP contribution is 2.29. The number of aromatic hydroxyl groups is 1. The normalized spacial score (nSPS) is 16.9. The zero-order valence-corrected chi connectivity index (χ0v) is 20.0. The Hall–Kier alpha value is -2.73. The Labute approximate surface area is 200 Å². The summed E-state index contributed by atoms with van der Waals surface area (Å²) < 4.78 is 0. The minimum absolute atomic E-state index is 0.00666. The molecule has 0 radical (unpaired) electrons. The van der Waals surface area contributed by atoms with Crippen LogP contribution in [0.15, 0.2) is 59.5 Å². The van der Waals surface area contributed by atoms with Crippen molar-refractivity contribution in [1.29, 1.82) is 0 Å². The molecule has 6 heteroatoms. The van der Waals surface area contributed by atoms with Crippen LogP contribution >= 0.6 is 11.8 Å². The van der Waals surface area contributed by atoms with Gasteiger partial charge in [0.15, 0.2) is 0 Å². The van der Waals surface area contributed by atoms with Gasteiger partial charge < -0.3 is 14.9 Å². The number of phenolic OH excluding ortho intramolecular Hbond substituents is 1. The lowest BCUT2D eigenvalue weighted by molar-refractivity contribution is -0.129. The molecule has 5 nitrogen and oxygen atoms in total. The average molecular weight is 465 g/mol. The van der Waals surface area contributed by atoms with Gasteiger partial charge in [-0.3, -0.25) is 9.59 Å². The van der Waals surface area contributed by atoms with Gasteiger partial charge in [0.05, 0.1) is 11.3 Å². The number of thioether (sulfide) groups is 1. The zero-order chi connectivity index (χ0) is 23.2. The Balaban J connectivity index is 1.38. The van der Waals surface area contributed by atoms with Gasteiger partial charge in [-0.05, 0) is 54.7 Å². The Kier molecular flexibility index (Phi) is 7.76. The number of carbonyl (C=O) groups excluding carboxylic acids is 2. The molecule has 0 spiro atoms. The second kappa shape index (κ2) is 10.9. The van der Waals surface area contributed by atoms with E-state index in [9.17, 15) is 14.7 Å². The molecule has 2 aromatic carbocycles. The smallest absolute Gasteiger partial charge is 0.255 e. The van der Waals surface area contributed by atoms with Crippen LogP contribution in [0.5, 0.6) is 5.75 Å². The third-order valence-corrected chi connectivity index (χ3v) is 7.78. The molecule has 1 heterocycles. The lowest BCUT2D eigenvalue weighted by atomic mass is 9.94. The van der Waals surface area contributed by atoms with E-state index in [2.05, 4.69) is 6.08 Å². The largest absolute Gasteiger partial charge is 0.508 e. The molecular weight excluding hydrogens is 432 g/mol. The molecule has 0 bridgehead atoms. The molecule has 4 rings (SSSR count). The number of benzene rings is 2. The van der Waals surface area contributed by atoms with Crippen LogP contribution in [0.2, 0.25) is 0 Å². The van der Waals surface area contributed by atoms with Crippen LogP contribution in [0.3, 0.4) is 0 Å². The Morgan fingerprint density at radius 2 is 1.79 bits per heavy atom. The first-order valence-electron chi connectivity index (χ1n) is 11.8. The van der Waals surface area contributed by atoms with Gasteiger partial charge in [-0.25, -0.2) is 0 Å². The summed E-state index contributed by atoms with van der Waals surface area (Å²) in [6.07, 6.45) is 8.72. The van der Waals surface area contributed by atoms with E-state index < -0.39 is 0 Å². The number of amides is 2. The van der Waals surface area contributed by atoms with E-state index in [4.69, 9.17) is 0 Å². The molecule has 174 valence electrons. The highest BCUT2D eigenvalue weighted by atomic mass is 32.2. The molecule has 0 unspecified atom stereocenters. The second-order valence-corrected chi connectivity index (χ2v) is 9.88. The van der Waals surface area contributed by atoms with Crippen LogP contribution in [0.1, 0.15) is 54.4 Å². The minimum atomic E-state index is 0.00666. The molecule has 1 aliphatic carbocycles. The van der Waals surface area contributed by atoms with Crippen LogP contribution in [0.4, 0.5) is 0 Å². The fourth-order valence-corrected chi connectivity index (χ4v) is 5.61. The standard InChI is InChI=1S/C27H32N2O3S/c1-28(22-7-3-2-4-8-22)26(31)19-33-25-10-6-5-9-24(25)27(32)29-17-15-21(16-18-29)20-11-13-23(30)14-12-20/h5-6,9-15,22,30H,2-4,7-8,16-19H2,1H3. The maximum Gasteiger partial charge on any atom is 0.255 e. The molecule has 1 fully saturated rings. The van der Waals surface area contributed by atoms with Gasteiger partial charge in [0, 0.05) is 31.1 Å². The molecule has 33 heavy (non-hydrogen) atoms. The third-order valence-electron chi connectivity index (χ3n) is 6.72. The predicted molar refractivity (Wildman–Crippen MR) is 133 cm³/mol. The Morgan fingerprint density at radius 1 is 1.06 bits per heavy atom. The third kappa shape index (κ3) is 5.80. The van der Waals surface area contributed by atoms with Crippen LogP contribution < -0.4 is 0 Å². The molecular formula is C27H32N2O3S. The number of hydrogen-bond acceptors (Lipinski definition) is 4.